The third-order valence-electron chi connectivity index (χ3n) is 12.9. The Kier molecular flexibility index (Phi) is 50.7. The molecule has 0 aromatic heterocycles. The lowest BCUT2D eigenvalue weighted by atomic mass is 10.0. The zero-order valence-electron chi connectivity index (χ0n) is 42.2. The molecule has 0 amide bonds. The maximum atomic E-state index is 12.8. The van der Waals surface area contributed by atoms with Crippen molar-refractivity contribution in [3.05, 3.63) is 0 Å². The van der Waals surface area contributed by atoms with Crippen LogP contribution in [0.5, 0.6) is 0 Å². The van der Waals surface area contributed by atoms with Crippen LogP contribution in [0.2, 0.25) is 0 Å². The molecule has 6 heteroatoms. The Bertz CT molecular complexity index is 920. The molecule has 0 aromatic rings. The van der Waals surface area contributed by atoms with Crippen LogP contribution in [0.25, 0.3) is 0 Å². The molecule has 0 aliphatic carbocycles. The van der Waals surface area contributed by atoms with Crippen molar-refractivity contribution in [1.82, 2.24) is 0 Å². The van der Waals surface area contributed by atoms with Gasteiger partial charge in [-0.15, -0.1) is 0 Å². The van der Waals surface area contributed by atoms with Gasteiger partial charge < -0.3 is 14.2 Å². The first-order valence-electron chi connectivity index (χ1n) is 28.0. The molecule has 0 fully saturated rings. The first-order chi connectivity index (χ1) is 30.5. The summed E-state index contributed by atoms with van der Waals surface area (Å²) in [5.74, 6) is -0.835. The van der Waals surface area contributed by atoms with Crippen LogP contribution in [-0.4, -0.2) is 37.2 Å². The zero-order chi connectivity index (χ0) is 45.1. The zero-order valence-corrected chi connectivity index (χ0v) is 42.2. The minimum atomic E-state index is -0.760. The molecule has 0 aliphatic rings. The van der Waals surface area contributed by atoms with Crippen LogP contribution in [0.3, 0.4) is 0 Å². The fourth-order valence-electron chi connectivity index (χ4n) is 8.62. The second-order valence-corrected chi connectivity index (χ2v) is 19.2. The third kappa shape index (κ3) is 49.4. The molecule has 0 aliphatic heterocycles. The van der Waals surface area contributed by atoms with Crippen LogP contribution in [0.4, 0.5) is 0 Å². The highest BCUT2D eigenvalue weighted by Crippen LogP contribution is 2.17. The molecule has 0 unspecified atom stereocenters. The van der Waals surface area contributed by atoms with Gasteiger partial charge in [0.05, 0.1) is 0 Å². The van der Waals surface area contributed by atoms with Gasteiger partial charge in [0.2, 0.25) is 0 Å². The molecule has 0 saturated carbocycles. The van der Waals surface area contributed by atoms with Gasteiger partial charge in [-0.1, -0.05) is 284 Å². The summed E-state index contributed by atoms with van der Waals surface area (Å²) in [5, 5.41) is 0. The van der Waals surface area contributed by atoms with Crippen LogP contribution < -0.4 is 0 Å². The predicted molar refractivity (Wildman–Crippen MR) is 266 cm³/mol. The predicted octanol–water partition coefficient (Wildman–Crippen LogP) is 18.4. The minimum absolute atomic E-state index is 0.0612. The van der Waals surface area contributed by atoms with Crippen molar-refractivity contribution >= 4 is 17.9 Å². The lowest BCUT2D eigenvalue weighted by molar-refractivity contribution is -0.167. The van der Waals surface area contributed by atoms with Crippen molar-refractivity contribution in [2.45, 2.75) is 329 Å². The van der Waals surface area contributed by atoms with E-state index in [9.17, 15) is 14.4 Å². The van der Waals surface area contributed by atoms with Crippen LogP contribution >= 0.6 is 0 Å². The van der Waals surface area contributed by atoms with E-state index in [0.717, 1.165) is 57.8 Å². The summed E-state index contributed by atoms with van der Waals surface area (Å²) in [7, 11) is 0. The lowest BCUT2D eigenvalue weighted by Gasteiger charge is -2.18. The molecule has 0 bridgehead atoms. The van der Waals surface area contributed by atoms with Gasteiger partial charge in [0.1, 0.15) is 13.2 Å². The van der Waals surface area contributed by atoms with Crippen molar-refractivity contribution in [2.75, 3.05) is 13.2 Å². The second-order valence-electron chi connectivity index (χ2n) is 19.2. The number of esters is 3. The Morgan fingerprint density at radius 3 is 0.645 bits per heavy atom. The maximum Gasteiger partial charge on any atom is 0.306 e. The number of carbonyl (C=O) groups excluding carboxylic acids is 3. The highest BCUT2D eigenvalue weighted by Gasteiger charge is 2.19. The highest BCUT2D eigenvalue weighted by atomic mass is 16.6. The van der Waals surface area contributed by atoms with E-state index in [1.807, 2.05) is 0 Å². The lowest BCUT2D eigenvalue weighted by Crippen LogP contribution is -2.30. The summed E-state index contributed by atoms with van der Waals surface area (Å²) in [6.45, 7) is 6.70. The Morgan fingerprint density at radius 1 is 0.258 bits per heavy atom. The maximum absolute atomic E-state index is 12.8. The van der Waals surface area contributed by atoms with Gasteiger partial charge in [-0.2, -0.15) is 0 Å². The number of rotatable bonds is 52. The van der Waals surface area contributed by atoms with Crippen molar-refractivity contribution in [1.29, 1.82) is 0 Å². The summed E-state index contributed by atoms with van der Waals surface area (Å²) in [6, 6.07) is 0. The van der Waals surface area contributed by atoms with Gasteiger partial charge >= 0.3 is 17.9 Å². The van der Waals surface area contributed by atoms with E-state index in [1.54, 1.807) is 0 Å². The quantitative estimate of drug-likeness (QED) is 0.0344. The molecule has 0 spiro atoms. The van der Waals surface area contributed by atoms with E-state index in [-0.39, 0.29) is 31.1 Å². The highest BCUT2D eigenvalue weighted by molar-refractivity contribution is 5.71. The van der Waals surface area contributed by atoms with Crippen molar-refractivity contribution < 1.29 is 28.6 Å². The van der Waals surface area contributed by atoms with E-state index < -0.39 is 6.10 Å². The standard InChI is InChI=1S/C56H108O6/c1-4-7-10-13-16-19-22-25-27-28-30-31-34-37-40-43-46-49-55(58)61-52-53(51-60-54(57)48-45-42-39-36-33-24-21-18-15-12-9-6-3)62-56(59)50-47-44-41-38-35-32-29-26-23-20-17-14-11-8-5-2/h53H,4-52H2,1-3H3/t53-/m1/s1. The normalized spacial score (nSPS) is 11.9. The van der Waals surface area contributed by atoms with Crippen LogP contribution in [0.15, 0.2) is 0 Å². The van der Waals surface area contributed by atoms with Gasteiger partial charge in [-0.3, -0.25) is 14.4 Å². The smallest absolute Gasteiger partial charge is 0.306 e. The van der Waals surface area contributed by atoms with E-state index in [0.29, 0.717) is 19.3 Å². The monoisotopic (exact) mass is 877 g/mol. The largest absolute Gasteiger partial charge is 0.462 e. The Balaban J connectivity index is 4.28. The van der Waals surface area contributed by atoms with Gasteiger partial charge in [0.15, 0.2) is 6.10 Å². The summed E-state index contributed by atoms with van der Waals surface area (Å²) >= 11 is 0. The summed E-state index contributed by atoms with van der Waals surface area (Å²) in [5.41, 5.74) is 0. The molecule has 62 heavy (non-hydrogen) atoms. The van der Waals surface area contributed by atoms with Gasteiger partial charge in [0.25, 0.3) is 0 Å². The van der Waals surface area contributed by atoms with Crippen LogP contribution in [0, 0.1) is 0 Å². The van der Waals surface area contributed by atoms with Crippen molar-refractivity contribution in [3.8, 4) is 0 Å². The summed E-state index contributed by atoms with van der Waals surface area (Å²) in [4.78, 5) is 38.0. The second kappa shape index (κ2) is 52.0. The first-order valence-corrected chi connectivity index (χ1v) is 28.0. The molecule has 368 valence electrons. The Morgan fingerprint density at radius 2 is 0.435 bits per heavy atom. The van der Waals surface area contributed by atoms with E-state index in [2.05, 4.69) is 20.8 Å². The average Bonchev–Trinajstić information content (AvgIpc) is 3.27. The van der Waals surface area contributed by atoms with Gasteiger partial charge in [-0.05, 0) is 19.3 Å². The minimum Gasteiger partial charge on any atom is -0.462 e. The number of unbranched alkanes of at least 4 members (excludes halogenated alkanes) is 41. The molecule has 0 aromatic carbocycles. The van der Waals surface area contributed by atoms with E-state index >= 15 is 0 Å². The molecule has 0 rings (SSSR count). The first kappa shape index (κ1) is 60.4. The Hall–Kier alpha value is -1.59. The molecular formula is C56H108O6. The average molecular weight is 877 g/mol. The van der Waals surface area contributed by atoms with Crippen molar-refractivity contribution in [2.24, 2.45) is 0 Å². The van der Waals surface area contributed by atoms with Crippen LogP contribution in [-0.2, 0) is 28.6 Å². The van der Waals surface area contributed by atoms with E-state index in [1.165, 1.54) is 225 Å². The van der Waals surface area contributed by atoms with Gasteiger partial charge in [-0.25, -0.2) is 0 Å². The SMILES string of the molecule is CCCCCCCCCCCCCCCCCCCC(=O)OC[C@@H](COC(=O)CCCCCCCCCCCCCC)OC(=O)CCCCCCCCCCCCCCCCC. The molecule has 0 heterocycles. The molecule has 0 saturated heterocycles. The number of hydrogen-bond donors (Lipinski definition) is 0. The Labute approximate surface area is 387 Å². The van der Waals surface area contributed by atoms with Gasteiger partial charge in [0, 0.05) is 19.3 Å². The molecule has 0 radical (unpaired) electrons. The molecule has 1 atom stereocenters. The van der Waals surface area contributed by atoms with Crippen molar-refractivity contribution in [3.63, 3.8) is 0 Å². The fraction of sp³-hybridized carbons (Fsp3) is 0.946. The fourth-order valence-corrected chi connectivity index (χ4v) is 8.62. The van der Waals surface area contributed by atoms with E-state index in [4.69, 9.17) is 14.2 Å². The molecule has 6 nitrogen and oxygen atoms in total. The molecule has 0 N–H and O–H groups in total. The number of hydrogen-bond acceptors (Lipinski definition) is 6. The number of ether oxygens (including phenoxy) is 3. The molecular weight excluding hydrogens is 769 g/mol. The summed E-state index contributed by atoms with van der Waals surface area (Å²) in [6.07, 6.45) is 56.6. The summed E-state index contributed by atoms with van der Waals surface area (Å²) < 4.78 is 16.9. The third-order valence-corrected chi connectivity index (χ3v) is 12.9. The topological polar surface area (TPSA) is 78.9 Å². The number of carbonyl (C=O) groups is 3. The van der Waals surface area contributed by atoms with Crippen LogP contribution in [0.1, 0.15) is 323 Å².